The summed E-state index contributed by atoms with van der Waals surface area (Å²) in [6, 6.07) is 0. The quantitative estimate of drug-likeness (QED) is 0.588. The van der Waals surface area contributed by atoms with Gasteiger partial charge in [-0.2, -0.15) is 0 Å². The SMILES string of the molecule is CCC1=CCC=CC(OC)=C1. The molecule has 60 valence electrons. The molecule has 0 aromatic rings. The summed E-state index contributed by atoms with van der Waals surface area (Å²) >= 11 is 0. The third-order valence-electron chi connectivity index (χ3n) is 1.77. The maximum Gasteiger partial charge on any atom is 0.118 e. The van der Waals surface area contributed by atoms with E-state index in [0.717, 1.165) is 18.6 Å². The third kappa shape index (κ3) is 2.26. The lowest BCUT2D eigenvalue weighted by atomic mass is 10.2. The second-order valence-corrected chi connectivity index (χ2v) is 2.52. The molecule has 1 nitrogen and oxygen atoms in total. The minimum Gasteiger partial charge on any atom is -0.497 e. The first-order chi connectivity index (χ1) is 5.36. The summed E-state index contributed by atoms with van der Waals surface area (Å²) in [5, 5.41) is 0. The van der Waals surface area contributed by atoms with Gasteiger partial charge in [-0.15, -0.1) is 0 Å². The highest BCUT2D eigenvalue weighted by atomic mass is 16.5. The Balaban J connectivity index is 2.77. The number of ether oxygens (including phenoxy) is 1. The summed E-state index contributed by atoms with van der Waals surface area (Å²) in [7, 11) is 1.70. The van der Waals surface area contributed by atoms with Gasteiger partial charge in [0.1, 0.15) is 5.76 Å². The maximum atomic E-state index is 5.14. The van der Waals surface area contributed by atoms with Gasteiger partial charge in [-0.1, -0.05) is 19.1 Å². The first-order valence-electron chi connectivity index (χ1n) is 3.98. The monoisotopic (exact) mass is 150 g/mol. The molecular weight excluding hydrogens is 136 g/mol. The molecule has 0 aliphatic heterocycles. The van der Waals surface area contributed by atoms with Crippen LogP contribution in [0.25, 0.3) is 0 Å². The van der Waals surface area contributed by atoms with E-state index in [1.807, 2.05) is 6.08 Å². The highest BCUT2D eigenvalue weighted by molar-refractivity contribution is 5.30. The van der Waals surface area contributed by atoms with Crippen LogP contribution >= 0.6 is 0 Å². The summed E-state index contributed by atoms with van der Waals surface area (Å²) in [4.78, 5) is 0. The van der Waals surface area contributed by atoms with E-state index in [2.05, 4.69) is 25.2 Å². The van der Waals surface area contributed by atoms with Gasteiger partial charge in [0.2, 0.25) is 0 Å². The molecule has 0 atom stereocenters. The summed E-state index contributed by atoms with van der Waals surface area (Å²) < 4.78 is 5.14. The zero-order valence-electron chi connectivity index (χ0n) is 7.13. The van der Waals surface area contributed by atoms with Crippen LogP contribution in [-0.4, -0.2) is 7.11 Å². The molecule has 0 spiro atoms. The van der Waals surface area contributed by atoms with Gasteiger partial charge in [0.05, 0.1) is 7.11 Å². The van der Waals surface area contributed by atoms with Crippen LogP contribution < -0.4 is 0 Å². The largest absolute Gasteiger partial charge is 0.497 e. The second kappa shape index (κ2) is 4.02. The van der Waals surface area contributed by atoms with Crippen LogP contribution in [0.4, 0.5) is 0 Å². The predicted octanol–water partition coefficient (Wildman–Crippen LogP) is 2.81. The molecule has 1 heteroatoms. The van der Waals surface area contributed by atoms with Crippen LogP contribution in [0.1, 0.15) is 19.8 Å². The van der Waals surface area contributed by atoms with Crippen molar-refractivity contribution >= 4 is 0 Å². The van der Waals surface area contributed by atoms with E-state index < -0.39 is 0 Å². The lowest BCUT2D eigenvalue weighted by Crippen LogP contribution is -1.82. The fraction of sp³-hybridized carbons (Fsp3) is 0.400. The predicted molar refractivity (Wildman–Crippen MR) is 47.2 cm³/mol. The van der Waals surface area contributed by atoms with Gasteiger partial charge < -0.3 is 4.74 Å². The number of methoxy groups -OCH3 is 1. The Morgan fingerprint density at radius 2 is 2.36 bits per heavy atom. The lowest BCUT2D eigenvalue weighted by Gasteiger charge is -1.99. The molecule has 0 heterocycles. The van der Waals surface area contributed by atoms with E-state index >= 15 is 0 Å². The molecule has 1 aliphatic rings. The molecule has 0 saturated heterocycles. The highest BCUT2D eigenvalue weighted by Crippen LogP contribution is 2.13. The van der Waals surface area contributed by atoms with E-state index in [4.69, 9.17) is 4.74 Å². The van der Waals surface area contributed by atoms with Crippen LogP contribution in [0.15, 0.2) is 35.6 Å². The van der Waals surface area contributed by atoms with Gasteiger partial charge in [0, 0.05) is 0 Å². The Bertz CT molecular complexity index is 209. The average Bonchev–Trinajstić information content (AvgIpc) is 2.28. The average molecular weight is 150 g/mol. The van der Waals surface area contributed by atoms with Gasteiger partial charge in [0.25, 0.3) is 0 Å². The minimum absolute atomic E-state index is 0.954. The lowest BCUT2D eigenvalue weighted by molar-refractivity contribution is 0.306. The number of hydrogen-bond donors (Lipinski definition) is 0. The molecule has 0 fully saturated rings. The van der Waals surface area contributed by atoms with Gasteiger partial charge in [-0.05, 0) is 30.6 Å². The number of allylic oxidation sites excluding steroid dienone is 5. The van der Waals surface area contributed by atoms with Crippen molar-refractivity contribution in [1.82, 2.24) is 0 Å². The molecular formula is C10H14O. The zero-order chi connectivity index (χ0) is 8.10. The van der Waals surface area contributed by atoms with Crippen molar-refractivity contribution in [3.8, 4) is 0 Å². The van der Waals surface area contributed by atoms with E-state index in [1.165, 1.54) is 5.57 Å². The normalized spacial score (nSPS) is 16.9. The van der Waals surface area contributed by atoms with Crippen LogP contribution in [-0.2, 0) is 4.74 Å². The first-order valence-corrected chi connectivity index (χ1v) is 3.98. The van der Waals surface area contributed by atoms with Crippen molar-refractivity contribution in [3.63, 3.8) is 0 Å². The van der Waals surface area contributed by atoms with Gasteiger partial charge in [-0.3, -0.25) is 0 Å². The molecule has 0 bridgehead atoms. The van der Waals surface area contributed by atoms with Crippen molar-refractivity contribution in [2.75, 3.05) is 7.11 Å². The summed E-state index contributed by atoms with van der Waals surface area (Å²) in [5.41, 5.74) is 1.35. The molecule has 0 N–H and O–H groups in total. The minimum atomic E-state index is 0.954. The van der Waals surface area contributed by atoms with E-state index in [9.17, 15) is 0 Å². The van der Waals surface area contributed by atoms with Crippen LogP contribution in [0, 0.1) is 0 Å². The van der Waals surface area contributed by atoms with Crippen molar-refractivity contribution in [2.24, 2.45) is 0 Å². The molecule has 0 radical (unpaired) electrons. The summed E-state index contributed by atoms with van der Waals surface area (Å²) in [6.07, 6.45) is 10.5. The molecule has 11 heavy (non-hydrogen) atoms. The Hall–Kier alpha value is -0.980. The van der Waals surface area contributed by atoms with Crippen molar-refractivity contribution < 1.29 is 4.74 Å². The molecule has 0 saturated carbocycles. The Labute approximate surface area is 68.1 Å². The molecule has 0 amide bonds. The van der Waals surface area contributed by atoms with Crippen molar-refractivity contribution in [3.05, 3.63) is 35.6 Å². The number of hydrogen-bond acceptors (Lipinski definition) is 1. The van der Waals surface area contributed by atoms with Gasteiger partial charge >= 0.3 is 0 Å². The van der Waals surface area contributed by atoms with E-state index in [-0.39, 0.29) is 0 Å². The fourth-order valence-electron chi connectivity index (χ4n) is 1.07. The topological polar surface area (TPSA) is 9.23 Å². The second-order valence-electron chi connectivity index (χ2n) is 2.52. The molecule has 0 aromatic heterocycles. The summed E-state index contributed by atoms with van der Waals surface area (Å²) in [5.74, 6) is 0.954. The molecule has 0 aromatic carbocycles. The molecule has 1 rings (SSSR count). The summed E-state index contributed by atoms with van der Waals surface area (Å²) in [6.45, 7) is 2.15. The van der Waals surface area contributed by atoms with E-state index in [0.29, 0.717) is 0 Å². The van der Waals surface area contributed by atoms with Crippen molar-refractivity contribution in [1.29, 1.82) is 0 Å². The van der Waals surface area contributed by atoms with Crippen LogP contribution in [0.2, 0.25) is 0 Å². The Morgan fingerprint density at radius 3 is 3.00 bits per heavy atom. The zero-order valence-corrected chi connectivity index (χ0v) is 7.13. The fourth-order valence-corrected chi connectivity index (χ4v) is 1.07. The van der Waals surface area contributed by atoms with Gasteiger partial charge in [0.15, 0.2) is 0 Å². The highest BCUT2D eigenvalue weighted by Gasteiger charge is 1.96. The molecule has 0 unspecified atom stereocenters. The third-order valence-corrected chi connectivity index (χ3v) is 1.77. The Morgan fingerprint density at radius 1 is 1.55 bits per heavy atom. The maximum absolute atomic E-state index is 5.14. The molecule has 1 aliphatic carbocycles. The van der Waals surface area contributed by atoms with Crippen LogP contribution in [0.3, 0.4) is 0 Å². The van der Waals surface area contributed by atoms with E-state index in [1.54, 1.807) is 7.11 Å². The first kappa shape index (κ1) is 8.12. The smallest absolute Gasteiger partial charge is 0.118 e. The standard InChI is InChI=1S/C10H14O/c1-3-9-6-4-5-7-10(8-9)11-2/h5-8H,3-4H2,1-2H3. The van der Waals surface area contributed by atoms with Crippen LogP contribution in [0.5, 0.6) is 0 Å². The Kier molecular flexibility index (Phi) is 2.96. The number of rotatable bonds is 2. The van der Waals surface area contributed by atoms with Crippen molar-refractivity contribution in [2.45, 2.75) is 19.8 Å². The van der Waals surface area contributed by atoms with Gasteiger partial charge in [-0.25, -0.2) is 0 Å².